The van der Waals surface area contributed by atoms with Gasteiger partial charge < -0.3 is 9.90 Å². The van der Waals surface area contributed by atoms with Crippen LogP contribution < -0.4 is 0 Å². The summed E-state index contributed by atoms with van der Waals surface area (Å²) in [4.78, 5) is 20.9. The predicted octanol–water partition coefficient (Wildman–Crippen LogP) is 2.63. The second-order valence-corrected chi connectivity index (χ2v) is 4.48. The number of carbonyl (C=O) groups is 2. The summed E-state index contributed by atoms with van der Waals surface area (Å²) in [6, 6.07) is 8.72. The Morgan fingerprint density at radius 1 is 1.17 bits per heavy atom. The van der Waals surface area contributed by atoms with Crippen LogP contribution in [0.25, 0.3) is 0 Å². The average molecular weight is 248 g/mol. The van der Waals surface area contributed by atoms with Gasteiger partial charge in [-0.15, -0.1) is 0 Å². The SMILES string of the molecule is O=C(CO)c1ccccc1.O=CC1CCCCC1. The summed E-state index contributed by atoms with van der Waals surface area (Å²) in [7, 11) is 0. The van der Waals surface area contributed by atoms with Crippen LogP contribution in [0.15, 0.2) is 30.3 Å². The monoisotopic (exact) mass is 248 g/mol. The number of aldehydes is 1. The van der Waals surface area contributed by atoms with Gasteiger partial charge in [-0.25, -0.2) is 0 Å². The van der Waals surface area contributed by atoms with Gasteiger partial charge in [-0.1, -0.05) is 49.6 Å². The molecule has 2 rings (SSSR count). The van der Waals surface area contributed by atoms with Crippen LogP contribution in [0.4, 0.5) is 0 Å². The molecule has 0 bridgehead atoms. The first kappa shape index (κ1) is 14.6. The van der Waals surface area contributed by atoms with Crippen molar-refractivity contribution in [2.24, 2.45) is 5.92 Å². The summed E-state index contributed by atoms with van der Waals surface area (Å²) in [6.07, 6.45) is 7.27. The van der Waals surface area contributed by atoms with E-state index in [0.29, 0.717) is 11.5 Å². The molecule has 1 aliphatic carbocycles. The van der Waals surface area contributed by atoms with Gasteiger partial charge in [0.05, 0.1) is 0 Å². The standard InChI is InChI=1S/C8H8O2.C7H12O/c9-6-8(10)7-4-2-1-3-5-7;8-6-7-4-2-1-3-5-7/h1-5,9H,6H2;6-7H,1-5H2. The number of ketones is 1. The van der Waals surface area contributed by atoms with Gasteiger partial charge in [0.2, 0.25) is 0 Å². The summed E-state index contributed by atoms with van der Waals surface area (Å²) in [5.41, 5.74) is 0.560. The average Bonchev–Trinajstić information content (AvgIpc) is 2.49. The van der Waals surface area contributed by atoms with Crippen molar-refractivity contribution in [3.8, 4) is 0 Å². The molecular formula is C15H20O3. The minimum Gasteiger partial charge on any atom is -0.388 e. The van der Waals surface area contributed by atoms with Crippen LogP contribution in [0.2, 0.25) is 0 Å². The summed E-state index contributed by atoms with van der Waals surface area (Å²) >= 11 is 0. The quantitative estimate of drug-likeness (QED) is 0.661. The van der Waals surface area contributed by atoms with Gasteiger partial charge >= 0.3 is 0 Å². The molecular weight excluding hydrogens is 228 g/mol. The third kappa shape index (κ3) is 5.23. The summed E-state index contributed by atoms with van der Waals surface area (Å²) in [6.45, 7) is -0.413. The fraction of sp³-hybridized carbons (Fsp3) is 0.467. The maximum Gasteiger partial charge on any atom is 0.188 e. The van der Waals surface area contributed by atoms with E-state index in [1.165, 1.54) is 19.3 Å². The number of Topliss-reactive ketones (excluding diaryl/α,β-unsaturated/α-hetero) is 1. The smallest absolute Gasteiger partial charge is 0.188 e. The lowest BCUT2D eigenvalue weighted by Crippen LogP contribution is -2.06. The van der Waals surface area contributed by atoms with Crippen LogP contribution in [0.1, 0.15) is 42.5 Å². The molecule has 0 saturated heterocycles. The highest BCUT2D eigenvalue weighted by molar-refractivity contribution is 5.96. The molecule has 0 amide bonds. The van der Waals surface area contributed by atoms with Gasteiger partial charge in [0.15, 0.2) is 5.78 Å². The Morgan fingerprint density at radius 3 is 2.22 bits per heavy atom. The predicted molar refractivity (Wildman–Crippen MR) is 70.5 cm³/mol. The molecule has 0 aliphatic heterocycles. The van der Waals surface area contributed by atoms with Gasteiger partial charge in [0, 0.05) is 11.5 Å². The van der Waals surface area contributed by atoms with E-state index in [9.17, 15) is 9.59 Å². The molecule has 18 heavy (non-hydrogen) atoms. The van der Waals surface area contributed by atoms with E-state index in [1.807, 2.05) is 6.07 Å². The topological polar surface area (TPSA) is 54.4 Å². The number of rotatable bonds is 3. The van der Waals surface area contributed by atoms with Crippen LogP contribution in [0.5, 0.6) is 0 Å². The summed E-state index contributed by atoms with van der Waals surface area (Å²) < 4.78 is 0. The molecule has 3 nitrogen and oxygen atoms in total. The van der Waals surface area contributed by atoms with Crippen molar-refractivity contribution in [1.29, 1.82) is 0 Å². The van der Waals surface area contributed by atoms with E-state index in [0.717, 1.165) is 19.1 Å². The number of aliphatic hydroxyl groups excluding tert-OH is 1. The van der Waals surface area contributed by atoms with Crippen molar-refractivity contribution < 1.29 is 14.7 Å². The molecule has 0 spiro atoms. The highest BCUT2D eigenvalue weighted by Crippen LogP contribution is 2.21. The Balaban J connectivity index is 0.000000184. The van der Waals surface area contributed by atoms with Crippen LogP contribution in [-0.2, 0) is 4.79 Å². The van der Waals surface area contributed by atoms with Crippen LogP contribution in [-0.4, -0.2) is 23.8 Å². The molecule has 1 fully saturated rings. The molecule has 1 N–H and O–H groups in total. The fourth-order valence-corrected chi connectivity index (χ4v) is 1.99. The second kappa shape index (κ2) is 8.59. The fourth-order valence-electron chi connectivity index (χ4n) is 1.99. The van der Waals surface area contributed by atoms with Gasteiger partial charge in [-0.05, 0) is 12.8 Å². The maximum absolute atomic E-state index is 10.8. The highest BCUT2D eigenvalue weighted by Gasteiger charge is 2.10. The molecule has 0 heterocycles. The van der Waals surface area contributed by atoms with Crippen LogP contribution in [0, 0.1) is 5.92 Å². The number of benzene rings is 1. The van der Waals surface area contributed by atoms with E-state index in [2.05, 4.69) is 0 Å². The molecule has 3 heteroatoms. The lowest BCUT2D eigenvalue weighted by Gasteiger charge is -2.14. The molecule has 1 saturated carbocycles. The Hall–Kier alpha value is -1.48. The lowest BCUT2D eigenvalue weighted by molar-refractivity contribution is -0.111. The van der Waals surface area contributed by atoms with Crippen molar-refractivity contribution in [2.75, 3.05) is 6.61 Å². The number of carbonyl (C=O) groups excluding carboxylic acids is 2. The zero-order valence-electron chi connectivity index (χ0n) is 10.5. The van der Waals surface area contributed by atoms with E-state index in [1.54, 1.807) is 24.3 Å². The summed E-state index contributed by atoms with van der Waals surface area (Å²) in [5, 5.41) is 8.44. The highest BCUT2D eigenvalue weighted by atomic mass is 16.3. The van der Waals surface area contributed by atoms with Crippen molar-refractivity contribution in [1.82, 2.24) is 0 Å². The zero-order chi connectivity index (χ0) is 13.2. The number of hydrogen-bond donors (Lipinski definition) is 1. The third-order valence-electron chi connectivity index (χ3n) is 3.08. The maximum atomic E-state index is 10.8. The largest absolute Gasteiger partial charge is 0.388 e. The van der Waals surface area contributed by atoms with Crippen molar-refractivity contribution in [3.05, 3.63) is 35.9 Å². The van der Waals surface area contributed by atoms with E-state index in [-0.39, 0.29) is 5.78 Å². The number of hydrogen-bond acceptors (Lipinski definition) is 3. The Morgan fingerprint density at radius 2 is 1.78 bits per heavy atom. The first-order valence-corrected chi connectivity index (χ1v) is 6.42. The molecule has 0 unspecified atom stereocenters. The van der Waals surface area contributed by atoms with Crippen LogP contribution in [0.3, 0.4) is 0 Å². The Labute approximate surface area is 108 Å². The van der Waals surface area contributed by atoms with Gasteiger partial charge in [-0.3, -0.25) is 4.79 Å². The minimum atomic E-state index is -0.413. The first-order chi connectivity index (χ1) is 8.77. The van der Waals surface area contributed by atoms with Crippen LogP contribution >= 0.6 is 0 Å². The minimum absolute atomic E-state index is 0.236. The zero-order valence-corrected chi connectivity index (χ0v) is 10.5. The number of aliphatic hydroxyl groups is 1. The van der Waals surface area contributed by atoms with Gasteiger partial charge in [0.1, 0.15) is 12.9 Å². The van der Waals surface area contributed by atoms with Gasteiger partial charge in [0.25, 0.3) is 0 Å². The van der Waals surface area contributed by atoms with Crippen molar-refractivity contribution in [2.45, 2.75) is 32.1 Å². The Kier molecular flexibility index (Phi) is 6.96. The van der Waals surface area contributed by atoms with Crippen molar-refractivity contribution >= 4 is 12.1 Å². The molecule has 0 aromatic heterocycles. The molecule has 1 aromatic rings. The normalized spacial score (nSPS) is 15.4. The second-order valence-electron chi connectivity index (χ2n) is 4.48. The molecule has 0 radical (unpaired) electrons. The van der Waals surface area contributed by atoms with Crippen molar-refractivity contribution in [3.63, 3.8) is 0 Å². The van der Waals surface area contributed by atoms with E-state index in [4.69, 9.17) is 5.11 Å². The van der Waals surface area contributed by atoms with E-state index < -0.39 is 6.61 Å². The molecule has 98 valence electrons. The molecule has 0 atom stereocenters. The lowest BCUT2D eigenvalue weighted by atomic mass is 9.91. The third-order valence-corrected chi connectivity index (χ3v) is 3.08. The van der Waals surface area contributed by atoms with E-state index >= 15 is 0 Å². The molecule has 1 aliphatic rings. The summed E-state index contributed by atoms with van der Waals surface area (Å²) in [5.74, 6) is 0.171. The first-order valence-electron chi connectivity index (χ1n) is 6.42. The van der Waals surface area contributed by atoms with Gasteiger partial charge in [-0.2, -0.15) is 0 Å². The molecule has 1 aromatic carbocycles. The Bertz CT molecular complexity index is 353.